The van der Waals surface area contributed by atoms with Gasteiger partial charge in [-0.05, 0) is 29.7 Å². The highest BCUT2D eigenvalue weighted by Crippen LogP contribution is 2.39. The summed E-state index contributed by atoms with van der Waals surface area (Å²) in [7, 11) is 1.32. The number of thioether (sulfide) groups is 1. The van der Waals surface area contributed by atoms with Crippen LogP contribution in [0.15, 0.2) is 47.4 Å². The van der Waals surface area contributed by atoms with Gasteiger partial charge in [-0.2, -0.15) is 0 Å². The minimum Gasteiger partial charge on any atom is -0.465 e. The third-order valence-corrected chi connectivity index (χ3v) is 5.47. The van der Waals surface area contributed by atoms with Gasteiger partial charge in [0, 0.05) is 10.6 Å². The maximum atomic E-state index is 12.2. The Morgan fingerprint density at radius 3 is 2.77 bits per heavy atom. The number of hydrogen-bond acceptors (Lipinski definition) is 5. The first-order chi connectivity index (χ1) is 12.6. The molecule has 1 N–H and O–H groups in total. The molecule has 3 rings (SSSR count). The Hall–Kier alpha value is -2.18. The first-order valence-electron chi connectivity index (χ1n) is 8.10. The summed E-state index contributed by atoms with van der Waals surface area (Å²) in [5.74, 6) is 0.342. The van der Waals surface area contributed by atoms with E-state index in [2.05, 4.69) is 5.32 Å². The summed E-state index contributed by atoms with van der Waals surface area (Å²) in [5.41, 5.74) is 2.14. The highest BCUT2D eigenvalue weighted by Gasteiger charge is 2.26. The van der Waals surface area contributed by atoms with Gasteiger partial charge in [-0.3, -0.25) is 0 Å². The van der Waals surface area contributed by atoms with Crippen molar-refractivity contribution in [2.45, 2.75) is 24.0 Å². The van der Waals surface area contributed by atoms with Gasteiger partial charge in [0.25, 0.3) is 0 Å². The van der Waals surface area contributed by atoms with E-state index < -0.39 is 12.1 Å². The second-order valence-corrected chi connectivity index (χ2v) is 7.30. The number of nitrogens with one attached hydrogen (secondary N) is 1. The number of esters is 1. The lowest BCUT2D eigenvalue weighted by Gasteiger charge is -2.26. The molecule has 0 unspecified atom stereocenters. The molecule has 2 aromatic rings. The number of carbonyl (C=O) groups excluding carboxylic acids is 2. The largest absolute Gasteiger partial charge is 0.465 e. The maximum Gasteiger partial charge on any atom is 0.407 e. The molecule has 1 amide bonds. The smallest absolute Gasteiger partial charge is 0.407 e. The second kappa shape index (κ2) is 8.47. The van der Waals surface area contributed by atoms with Crippen LogP contribution in [0.4, 0.5) is 4.79 Å². The van der Waals surface area contributed by atoms with Gasteiger partial charge in [0.1, 0.15) is 6.61 Å². The molecular weight excluding hydrogens is 374 g/mol. The third kappa shape index (κ3) is 4.31. The monoisotopic (exact) mass is 391 g/mol. The molecule has 1 aliphatic heterocycles. The minimum absolute atomic E-state index is 0.210. The highest BCUT2D eigenvalue weighted by molar-refractivity contribution is 7.99. The number of hydrogen-bond donors (Lipinski definition) is 1. The second-order valence-electron chi connectivity index (χ2n) is 5.76. The van der Waals surface area contributed by atoms with Crippen molar-refractivity contribution < 1.29 is 19.1 Å². The third-order valence-electron chi connectivity index (χ3n) is 4.05. The molecule has 5 nitrogen and oxygen atoms in total. The minimum atomic E-state index is -0.482. The van der Waals surface area contributed by atoms with Crippen LogP contribution in [-0.4, -0.2) is 24.9 Å². The van der Waals surface area contributed by atoms with Gasteiger partial charge >= 0.3 is 12.1 Å². The van der Waals surface area contributed by atoms with Crippen molar-refractivity contribution >= 4 is 35.4 Å². The van der Waals surface area contributed by atoms with E-state index in [1.807, 2.05) is 30.3 Å². The van der Waals surface area contributed by atoms with Crippen LogP contribution in [0.2, 0.25) is 5.02 Å². The van der Waals surface area contributed by atoms with Crippen LogP contribution in [0.3, 0.4) is 0 Å². The van der Waals surface area contributed by atoms with Crippen LogP contribution in [0.1, 0.15) is 33.9 Å². The lowest BCUT2D eigenvalue weighted by atomic mass is 10.0. The van der Waals surface area contributed by atoms with E-state index in [0.717, 1.165) is 28.2 Å². The fraction of sp³-hybridized carbons (Fsp3) is 0.263. The number of halogens is 1. The molecule has 0 aliphatic carbocycles. The Balaban J connectivity index is 1.70. The van der Waals surface area contributed by atoms with Gasteiger partial charge in [-0.1, -0.05) is 41.9 Å². The lowest BCUT2D eigenvalue weighted by molar-refractivity contribution is 0.0600. The average Bonchev–Trinajstić information content (AvgIpc) is 2.66. The van der Waals surface area contributed by atoms with Gasteiger partial charge in [0.2, 0.25) is 0 Å². The molecule has 0 radical (unpaired) electrons. The topological polar surface area (TPSA) is 64.6 Å². The number of alkyl carbamates (subject to hydrolysis) is 1. The molecule has 1 heterocycles. The molecule has 1 atom stereocenters. The number of methoxy groups -OCH3 is 1. The molecule has 0 spiro atoms. The molecule has 26 heavy (non-hydrogen) atoms. The van der Waals surface area contributed by atoms with Crippen LogP contribution in [-0.2, 0) is 16.1 Å². The molecule has 0 fully saturated rings. The molecular formula is C19H18ClNO4S. The standard InChI is InChI=1S/C19H18ClNO4S/c1-24-18(22)13-10-17-14(9-15(13)20)16(7-8-26-17)21-19(23)25-11-12-5-3-2-4-6-12/h2-6,9-10,16H,7-8,11H2,1H3,(H,21,23)/t16-/m0/s1. The van der Waals surface area contributed by atoms with Crippen LogP contribution in [0.5, 0.6) is 0 Å². The van der Waals surface area contributed by atoms with E-state index in [0.29, 0.717) is 10.6 Å². The normalized spacial score (nSPS) is 15.7. The quantitative estimate of drug-likeness (QED) is 0.772. The molecule has 0 bridgehead atoms. The first-order valence-corrected chi connectivity index (χ1v) is 9.46. The highest BCUT2D eigenvalue weighted by atomic mass is 35.5. The summed E-state index contributed by atoms with van der Waals surface area (Å²) >= 11 is 7.85. The number of ether oxygens (including phenoxy) is 2. The average molecular weight is 392 g/mol. The summed E-state index contributed by atoms with van der Waals surface area (Å²) in [5, 5.41) is 3.19. The van der Waals surface area contributed by atoms with Crippen molar-refractivity contribution in [3.63, 3.8) is 0 Å². The van der Waals surface area contributed by atoms with Crippen molar-refractivity contribution in [1.29, 1.82) is 0 Å². The Kier molecular flexibility index (Phi) is 6.06. The fourth-order valence-electron chi connectivity index (χ4n) is 2.73. The first kappa shape index (κ1) is 18.6. The Labute approximate surface area is 161 Å². The van der Waals surface area contributed by atoms with Gasteiger partial charge in [0.15, 0.2) is 0 Å². The summed E-state index contributed by atoms with van der Waals surface area (Å²) in [6.07, 6.45) is 0.274. The fourth-order valence-corrected chi connectivity index (χ4v) is 4.12. The predicted octanol–water partition coefficient (Wildman–Crippen LogP) is 4.59. The SMILES string of the molecule is COC(=O)c1cc2c(cc1Cl)[C@@H](NC(=O)OCc1ccccc1)CCS2. The molecule has 1 aliphatic rings. The van der Waals surface area contributed by atoms with E-state index >= 15 is 0 Å². The summed E-state index contributed by atoms with van der Waals surface area (Å²) in [4.78, 5) is 24.9. The van der Waals surface area contributed by atoms with Crippen LogP contribution in [0.25, 0.3) is 0 Å². The van der Waals surface area contributed by atoms with Crippen molar-refractivity contribution in [1.82, 2.24) is 5.32 Å². The Morgan fingerprint density at radius 2 is 2.04 bits per heavy atom. The summed E-state index contributed by atoms with van der Waals surface area (Å²) in [6, 6.07) is 12.7. The lowest BCUT2D eigenvalue weighted by Crippen LogP contribution is -2.31. The van der Waals surface area contributed by atoms with Crippen molar-refractivity contribution in [2.75, 3.05) is 12.9 Å². The van der Waals surface area contributed by atoms with Gasteiger partial charge in [-0.25, -0.2) is 9.59 Å². The molecule has 0 saturated carbocycles. The van der Waals surface area contributed by atoms with E-state index in [4.69, 9.17) is 21.1 Å². The number of amides is 1. The number of benzene rings is 2. The van der Waals surface area contributed by atoms with Crippen molar-refractivity contribution in [3.8, 4) is 0 Å². The van der Waals surface area contributed by atoms with Gasteiger partial charge in [-0.15, -0.1) is 11.8 Å². The molecule has 0 saturated heterocycles. The molecule has 7 heteroatoms. The zero-order chi connectivity index (χ0) is 18.5. The molecule has 2 aromatic carbocycles. The molecule has 136 valence electrons. The van der Waals surface area contributed by atoms with Crippen LogP contribution < -0.4 is 5.32 Å². The van der Waals surface area contributed by atoms with Gasteiger partial charge in [0.05, 0.1) is 23.7 Å². The number of fused-ring (bicyclic) bond motifs is 1. The van der Waals surface area contributed by atoms with E-state index in [1.165, 1.54) is 7.11 Å². The number of carbonyl (C=O) groups is 2. The van der Waals surface area contributed by atoms with Crippen LogP contribution in [0, 0.1) is 0 Å². The summed E-state index contributed by atoms with van der Waals surface area (Å²) in [6.45, 7) is 0.211. The van der Waals surface area contributed by atoms with Gasteiger partial charge < -0.3 is 14.8 Å². The van der Waals surface area contributed by atoms with E-state index in [-0.39, 0.29) is 12.6 Å². The maximum absolute atomic E-state index is 12.2. The van der Waals surface area contributed by atoms with Crippen molar-refractivity contribution in [3.05, 3.63) is 64.2 Å². The Morgan fingerprint density at radius 1 is 1.27 bits per heavy atom. The summed E-state index contributed by atoms with van der Waals surface area (Å²) < 4.78 is 10.0. The molecule has 0 aromatic heterocycles. The zero-order valence-corrected chi connectivity index (χ0v) is 15.7. The van der Waals surface area contributed by atoms with Crippen LogP contribution >= 0.6 is 23.4 Å². The Bertz CT molecular complexity index is 813. The number of rotatable bonds is 4. The zero-order valence-electron chi connectivity index (χ0n) is 14.2. The van der Waals surface area contributed by atoms with E-state index in [9.17, 15) is 9.59 Å². The van der Waals surface area contributed by atoms with Crippen molar-refractivity contribution in [2.24, 2.45) is 0 Å². The predicted molar refractivity (Wildman–Crippen MR) is 101 cm³/mol. The van der Waals surface area contributed by atoms with E-state index in [1.54, 1.807) is 23.9 Å².